The van der Waals surface area contributed by atoms with Crippen LogP contribution in [0.3, 0.4) is 0 Å². The van der Waals surface area contributed by atoms with Gasteiger partial charge in [0.15, 0.2) is 5.78 Å². The third kappa shape index (κ3) is 2.66. The van der Waals surface area contributed by atoms with Gasteiger partial charge < -0.3 is 0 Å². The molecule has 0 saturated heterocycles. The van der Waals surface area contributed by atoms with Crippen LogP contribution < -0.4 is 0 Å². The molecule has 0 unspecified atom stereocenters. The smallest absolute Gasteiger partial charge is 0.195 e. The SMILES string of the molecule is Cc1cc(F)cc(C)c1C(=O)c1ccc(F)cc1Cl. The lowest BCUT2D eigenvalue weighted by atomic mass is 9.94. The molecule has 2 aromatic rings. The van der Waals surface area contributed by atoms with E-state index in [1.54, 1.807) is 13.8 Å². The van der Waals surface area contributed by atoms with Gasteiger partial charge >= 0.3 is 0 Å². The Morgan fingerprint density at radius 2 is 1.58 bits per heavy atom. The Bertz CT molecular complexity index is 642. The number of hydrogen-bond acceptors (Lipinski definition) is 1. The van der Waals surface area contributed by atoms with Gasteiger partial charge in [0, 0.05) is 11.1 Å². The molecule has 0 aliphatic rings. The first-order valence-corrected chi connectivity index (χ1v) is 6.04. The molecule has 0 aromatic heterocycles. The monoisotopic (exact) mass is 280 g/mol. The average Bonchev–Trinajstić information content (AvgIpc) is 2.26. The van der Waals surface area contributed by atoms with Gasteiger partial charge in [-0.05, 0) is 55.3 Å². The van der Waals surface area contributed by atoms with Crippen LogP contribution in [0.15, 0.2) is 30.3 Å². The molecule has 0 aliphatic heterocycles. The Balaban J connectivity index is 2.56. The molecule has 2 rings (SSSR count). The second-order valence-electron chi connectivity index (χ2n) is 4.37. The molecular formula is C15H11ClF2O. The highest BCUT2D eigenvalue weighted by Gasteiger charge is 2.18. The largest absolute Gasteiger partial charge is 0.289 e. The molecule has 0 saturated carbocycles. The van der Waals surface area contributed by atoms with E-state index >= 15 is 0 Å². The summed E-state index contributed by atoms with van der Waals surface area (Å²) in [5.74, 6) is -1.23. The summed E-state index contributed by atoms with van der Waals surface area (Å²) in [4.78, 5) is 12.4. The van der Waals surface area contributed by atoms with Gasteiger partial charge in [-0.3, -0.25) is 4.79 Å². The van der Waals surface area contributed by atoms with Crippen molar-refractivity contribution < 1.29 is 13.6 Å². The topological polar surface area (TPSA) is 17.1 Å². The highest BCUT2D eigenvalue weighted by Crippen LogP contribution is 2.24. The Morgan fingerprint density at radius 3 is 2.11 bits per heavy atom. The predicted octanol–water partition coefficient (Wildman–Crippen LogP) is 4.47. The quantitative estimate of drug-likeness (QED) is 0.742. The van der Waals surface area contributed by atoms with Crippen molar-refractivity contribution in [3.63, 3.8) is 0 Å². The first-order chi connectivity index (χ1) is 8.90. The Kier molecular flexibility index (Phi) is 3.67. The van der Waals surface area contributed by atoms with Gasteiger partial charge in [-0.25, -0.2) is 8.78 Å². The van der Waals surface area contributed by atoms with Crippen LogP contribution in [0.5, 0.6) is 0 Å². The molecule has 4 heteroatoms. The number of benzene rings is 2. The minimum Gasteiger partial charge on any atom is -0.289 e. The van der Waals surface area contributed by atoms with Crippen LogP contribution in [0.1, 0.15) is 27.0 Å². The zero-order valence-corrected chi connectivity index (χ0v) is 11.2. The van der Waals surface area contributed by atoms with Crippen LogP contribution in [0.25, 0.3) is 0 Å². The molecule has 0 spiro atoms. The minimum atomic E-state index is -0.505. The van der Waals surface area contributed by atoms with Crippen molar-refractivity contribution in [2.45, 2.75) is 13.8 Å². The van der Waals surface area contributed by atoms with Crippen molar-refractivity contribution in [2.24, 2.45) is 0 Å². The zero-order chi connectivity index (χ0) is 14.2. The highest BCUT2D eigenvalue weighted by atomic mass is 35.5. The van der Waals surface area contributed by atoms with E-state index in [9.17, 15) is 13.6 Å². The fraction of sp³-hybridized carbons (Fsp3) is 0.133. The van der Waals surface area contributed by atoms with Crippen molar-refractivity contribution in [1.82, 2.24) is 0 Å². The molecule has 0 radical (unpaired) electrons. The third-order valence-corrected chi connectivity index (χ3v) is 3.21. The van der Waals surface area contributed by atoms with E-state index in [0.717, 1.165) is 6.07 Å². The third-order valence-electron chi connectivity index (χ3n) is 2.90. The highest BCUT2D eigenvalue weighted by molar-refractivity contribution is 6.35. The van der Waals surface area contributed by atoms with Crippen LogP contribution in [0.2, 0.25) is 5.02 Å². The standard InChI is InChI=1S/C15H11ClF2O/c1-8-5-11(18)6-9(2)14(8)15(19)12-4-3-10(17)7-13(12)16/h3-7H,1-2H3. The first-order valence-electron chi connectivity index (χ1n) is 5.66. The molecule has 0 N–H and O–H groups in total. The van der Waals surface area contributed by atoms with E-state index < -0.39 is 11.6 Å². The molecule has 1 nitrogen and oxygen atoms in total. The minimum absolute atomic E-state index is 0.0492. The van der Waals surface area contributed by atoms with Crippen molar-refractivity contribution in [2.75, 3.05) is 0 Å². The molecule has 2 aromatic carbocycles. The number of ketones is 1. The number of carbonyl (C=O) groups is 1. The Hall–Kier alpha value is -1.74. The lowest BCUT2D eigenvalue weighted by molar-refractivity contribution is 0.103. The predicted molar refractivity (Wildman–Crippen MR) is 70.7 cm³/mol. The van der Waals surface area contributed by atoms with Crippen LogP contribution in [0, 0.1) is 25.5 Å². The van der Waals surface area contributed by atoms with Crippen molar-refractivity contribution in [1.29, 1.82) is 0 Å². The van der Waals surface area contributed by atoms with Gasteiger partial charge in [0.2, 0.25) is 0 Å². The summed E-state index contributed by atoms with van der Waals surface area (Å²) >= 11 is 5.88. The Morgan fingerprint density at radius 1 is 1.00 bits per heavy atom. The van der Waals surface area contributed by atoms with Crippen LogP contribution in [0.4, 0.5) is 8.78 Å². The second-order valence-corrected chi connectivity index (χ2v) is 4.78. The summed E-state index contributed by atoms with van der Waals surface area (Å²) < 4.78 is 26.2. The van der Waals surface area contributed by atoms with E-state index in [0.29, 0.717) is 16.7 Å². The van der Waals surface area contributed by atoms with Gasteiger partial charge in [0.25, 0.3) is 0 Å². The number of halogens is 3. The van der Waals surface area contributed by atoms with Gasteiger partial charge in [0.1, 0.15) is 11.6 Å². The molecule has 0 fully saturated rings. The number of aryl methyl sites for hydroxylation is 2. The van der Waals surface area contributed by atoms with Gasteiger partial charge in [0.05, 0.1) is 5.02 Å². The maximum atomic E-state index is 13.2. The molecule has 0 heterocycles. The van der Waals surface area contributed by atoms with E-state index in [2.05, 4.69) is 0 Å². The molecule has 0 bridgehead atoms. The summed E-state index contributed by atoms with van der Waals surface area (Å²) in [6, 6.07) is 6.17. The summed E-state index contributed by atoms with van der Waals surface area (Å²) in [5, 5.41) is 0.0492. The number of rotatable bonds is 2. The summed E-state index contributed by atoms with van der Waals surface area (Å²) in [6.45, 7) is 3.31. The molecule has 98 valence electrons. The molecule has 0 atom stereocenters. The summed E-state index contributed by atoms with van der Waals surface area (Å²) in [5.41, 5.74) is 1.67. The molecule has 0 amide bonds. The van der Waals surface area contributed by atoms with E-state index in [4.69, 9.17) is 11.6 Å². The lowest BCUT2D eigenvalue weighted by Gasteiger charge is -2.10. The van der Waals surface area contributed by atoms with E-state index in [-0.39, 0.29) is 16.4 Å². The number of carbonyl (C=O) groups excluding carboxylic acids is 1. The first kappa shape index (κ1) is 13.7. The number of hydrogen-bond donors (Lipinski definition) is 0. The van der Waals surface area contributed by atoms with Crippen LogP contribution >= 0.6 is 11.6 Å². The Labute approximate surface area is 114 Å². The van der Waals surface area contributed by atoms with E-state index in [1.807, 2.05) is 0 Å². The van der Waals surface area contributed by atoms with Gasteiger partial charge in [-0.2, -0.15) is 0 Å². The van der Waals surface area contributed by atoms with Crippen LogP contribution in [-0.2, 0) is 0 Å². The zero-order valence-electron chi connectivity index (χ0n) is 10.4. The normalized spacial score (nSPS) is 10.6. The van der Waals surface area contributed by atoms with Gasteiger partial charge in [-0.15, -0.1) is 0 Å². The van der Waals surface area contributed by atoms with Crippen molar-refractivity contribution in [3.8, 4) is 0 Å². The van der Waals surface area contributed by atoms with Crippen molar-refractivity contribution in [3.05, 3.63) is 69.2 Å². The average molecular weight is 281 g/mol. The molecule has 19 heavy (non-hydrogen) atoms. The maximum absolute atomic E-state index is 13.2. The molecular weight excluding hydrogens is 270 g/mol. The fourth-order valence-electron chi connectivity index (χ4n) is 2.08. The van der Waals surface area contributed by atoms with Crippen LogP contribution in [-0.4, -0.2) is 5.78 Å². The summed E-state index contributed by atoms with van der Waals surface area (Å²) in [6.07, 6.45) is 0. The van der Waals surface area contributed by atoms with E-state index in [1.165, 1.54) is 24.3 Å². The maximum Gasteiger partial charge on any atom is 0.195 e. The lowest BCUT2D eigenvalue weighted by Crippen LogP contribution is -2.07. The molecule has 0 aliphatic carbocycles. The van der Waals surface area contributed by atoms with Gasteiger partial charge in [-0.1, -0.05) is 11.6 Å². The second kappa shape index (κ2) is 5.10. The van der Waals surface area contributed by atoms with Crippen molar-refractivity contribution >= 4 is 17.4 Å². The summed E-state index contributed by atoms with van der Waals surface area (Å²) in [7, 11) is 0. The fourth-order valence-corrected chi connectivity index (χ4v) is 2.33.